The van der Waals surface area contributed by atoms with Crippen LogP contribution in [0.5, 0.6) is 5.75 Å². The minimum Gasteiger partial charge on any atom is -0.488 e. The van der Waals surface area contributed by atoms with Gasteiger partial charge in [0.25, 0.3) is 11.7 Å². The molecule has 13 unspecified atom stereocenters. The first-order chi connectivity index (χ1) is 31.5. The number of aliphatic hydroxyl groups is 1. The summed E-state index contributed by atoms with van der Waals surface area (Å²) in [5.41, 5.74) is 3.02. The molecule has 13 atom stereocenters. The Morgan fingerprint density at radius 3 is 2.36 bits per heavy atom. The average Bonchev–Trinajstić information content (AvgIpc) is 3.68. The molecule has 3 aliphatic heterocycles. The lowest BCUT2D eigenvalue weighted by Gasteiger charge is -2.47. The molecule has 66 heavy (non-hydrogen) atoms. The lowest BCUT2D eigenvalue weighted by molar-refractivity contribution is -0.302. The zero-order valence-corrected chi connectivity index (χ0v) is 40.9. The molecule has 2 bridgehead atoms. The van der Waals surface area contributed by atoms with Gasteiger partial charge in [-0.25, -0.2) is 4.79 Å². The zero-order chi connectivity index (χ0) is 47.9. The molecule has 1 aromatic carbocycles. The lowest BCUT2D eigenvalue weighted by atomic mass is 9.82. The summed E-state index contributed by atoms with van der Waals surface area (Å²) < 4.78 is 39.3. The molecular formula is C53H76N2O11. The van der Waals surface area contributed by atoms with E-state index < -0.39 is 59.8 Å². The highest BCUT2D eigenvalue weighted by Gasteiger charge is 2.56. The molecule has 4 aliphatic rings. The fourth-order valence-corrected chi connectivity index (χ4v) is 11.1. The highest BCUT2D eigenvalue weighted by molar-refractivity contribution is 6.39. The van der Waals surface area contributed by atoms with Gasteiger partial charge in [0, 0.05) is 70.3 Å². The van der Waals surface area contributed by atoms with Gasteiger partial charge in [0.2, 0.25) is 5.79 Å². The van der Waals surface area contributed by atoms with Crippen LogP contribution in [0.1, 0.15) is 112 Å². The standard InChI is InChI=1S/C53H76N2O11/c1-11-14-39-26-32(2)25-33(3)27-46(62-9)49-47(63-10)29-36(6)53(60,66-49)50(57)51(58)55-23-13-12-15-42(55)52(59)65-48(34(4)16-20-43(39)56)35(5)28-37-17-21-44(45(30-37)61-8)64-40-18-19-41-38(31-40)22-24-54(41)7/h11,18-19,22,24,26,28,31,33-34,36-37,39,42,44-49,60H,1,12-17,20-21,23,25,27,29-30H2,2-10H3. The van der Waals surface area contributed by atoms with Crippen molar-refractivity contribution < 1.29 is 52.7 Å². The van der Waals surface area contributed by atoms with Gasteiger partial charge >= 0.3 is 5.97 Å². The number of fused-ring (bicyclic) bond motifs is 4. The van der Waals surface area contributed by atoms with Crippen LogP contribution in [-0.4, -0.2) is 114 Å². The van der Waals surface area contributed by atoms with Crippen molar-refractivity contribution in [2.45, 2.75) is 160 Å². The monoisotopic (exact) mass is 917 g/mol. The molecule has 1 N–H and O–H groups in total. The Labute approximate surface area is 392 Å². The molecule has 1 aliphatic carbocycles. The van der Waals surface area contributed by atoms with E-state index in [1.807, 2.05) is 46.2 Å². The number of aromatic nitrogens is 1. The van der Waals surface area contributed by atoms with E-state index in [9.17, 15) is 24.3 Å². The molecule has 2 saturated heterocycles. The summed E-state index contributed by atoms with van der Waals surface area (Å²) in [7, 11) is 6.84. The minimum atomic E-state index is -2.48. The number of carbonyl (C=O) groups excluding carboxylic acids is 4. The number of esters is 1. The predicted octanol–water partition coefficient (Wildman–Crippen LogP) is 8.25. The number of aryl methyl sites for hydroxylation is 1. The maximum atomic E-state index is 14.6. The topological polar surface area (TPSA) is 152 Å². The van der Waals surface area contributed by atoms with Crippen molar-refractivity contribution in [3.05, 3.63) is 66.4 Å². The van der Waals surface area contributed by atoms with Crippen molar-refractivity contribution in [1.82, 2.24) is 9.47 Å². The van der Waals surface area contributed by atoms with Crippen molar-refractivity contribution in [3.8, 4) is 5.75 Å². The van der Waals surface area contributed by atoms with Gasteiger partial charge in [0.15, 0.2) is 0 Å². The van der Waals surface area contributed by atoms with Crippen molar-refractivity contribution in [2.24, 2.45) is 36.6 Å². The second kappa shape index (κ2) is 22.8. The van der Waals surface area contributed by atoms with Crippen LogP contribution in [-0.2, 0) is 49.9 Å². The number of allylic oxidation sites excluding steroid dienone is 4. The first kappa shape index (κ1) is 51.3. The Bertz CT molecular complexity index is 2090. The molecular weight excluding hydrogens is 841 g/mol. The number of cyclic esters (lactones) is 1. The number of benzene rings is 1. The number of ketones is 2. The van der Waals surface area contributed by atoms with Gasteiger partial charge in [0.1, 0.15) is 35.9 Å². The Morgan fingerprint density at radius 1 is 0.924 bits per heavy atom. The summed E-state index contributed by atoms with van der Waals surface area (Å²) in [4.78, 5) is 58.6. The molecule has 3 fully saturated rings. The summed E-state index contributed by atoms with van der Waals surface area (Å²) >= 11 is 0. The van der Waals surface area contributed by atoms with Crippen LogP contribution in [0.15, 0.2) is 66.4 Å². The number of amides is 1. The molecule has 2 aromatic rings. The number of ether oxygens (including phenoxy) is 6. The number of rotatable bonds is 9. The van der Waals surface area contributed by atoms with Crippen molar-refractivity contribution in [2.75, 3.05) is 27.9 Å². The van der Waals surface area contributed by atoms with Crippen molar-refractivity contribution in [1.29, 1.82) is 0 Å². The second-order valence-corrected chi connectivity index (χ2v) is 19.9. The number of nitrogens with zero attached hydrogens (tertiary/aromatic N) is 2. The summed E-state index contributed by atoms with van der Waals surface area (Å²) in [5.74, 6) is -5.62. The number of hydrogen-bond donors (Lipinski definition) is 1. The van der Waals surface area contributed by atoms with E-state index in [0.717, 1.165) is 40.6 Å². The van der Waals surface area contributed by atoms with E-state index in [0.29, 0.717) is 51.4 Å². The van der Waals surface area contributed by atoms with E-state index >= 15 is 0 Å². The smallest absolute Gasteiger partial charge is 0.329 e. The molecule has 0 spiro atoms. The Morgan fingerprint density at radius 2 is 1.65 bits per heavy atom. The molecule has 364 valence electrons. The average molecular weight is 917 g/mol. The molecule has 4 heterocycles. The maximum Gasteiger partial charge on any atom is 0.329 e. The maximum absolute atomic E-state index is 14.6. The number of methoxy groups -OCH3 is 3. The van der Waals surface area contributed by atoms with Gasteiger partial charge in [0.05, 0.1) is 18.3 Å². The summed E-state index contributed by atoms with van der Waals surface area (Å²) in [6.45, 7) is 13.8. The number of hydrogen-bond acceptors (Lipinski definition) is 11. The Balaban J connectivity index is 1.29. The SMILES string of the molecule is C=CCC1C=C(C)CC(C)CC(OC)C2OC(O)(C(=O)C(=O)N3CCCCC3C(=O)OC(C(C)=CC3CCC(Oc4ccc5c(ccn5C)c4)C(OC)C3)C(C)CCC1=O)C(C)CC2OC. The van der Waals surface area contributed by atoms with Gasteiger partial charge in [-0.3, -0.25) is 14.4 Å². The van der Waals surface area contributed by atoms with E-state index in [4.69, 9.17) is 28.4 Å². The first-order valence-corrected chi connectivity index (χ1v) is 24.3. The number of piperidine rings is 1. The quantitative estimate of drug-likeness (QED) is 0.147. The number of carbonyl (C=O) groups is 4. The van der Waals surface area contributed by atoms with Crippen molar-refractivity contribution in [3.63, 3.8) is 0 Å². The predicted molar refractivity (Wildman–Crippen MR) is 253 cm³/mol. The molecule has 13 heteroatoms. The van der Waals surface area contributed by atoms with E-state index in [-0.39, 0.29) is 61.0 Å². The zero-order valence-electron chi connectivity index (χ0n) is 40.9. The van der Waals surface area contributed by atoms with Crippen LogP contribution in [0.4, 0.5) is 0 Å². The van der Waals surface area contributed by atoms with Crippen LogP contribution in [0.3, 0.4) is 0 Å². The lowest BCUT2D eigenvalue weighted by Crippen LogP contribution is -2.64. The molecule has 1 aromatic heterocycles. The second-order valence-electron chi connectivity index (χ2n) is 19.9. The Kier molecular flexibility index (Phi) is 17.7. The van der Waals surface area contributed by atoms with Gasteiger partial charge < -0.3 is 43.0 Å². The largest absolute Gasteiger partial charge is 0.488 e. The van der Waals surface area contributed by atoms with Gasteiger partial charge in [-0.1, -0.05) is 44.6 Å². The fourth-order valence-electron chi connectivity index (χ4n) is 11.1. The van der Waals surface area contributed by atoms with Crippen LogP contribution in [0, 0.1) is 29.6 Å². The van der Waals surface area contributed by atoms with Crippen LogP contribution in [0.25, 0.3) is 10.9 Å². The summed E-state index contributed by atoms with van der Waals surface area (Å²) in [6.07, 6.45) is 11.4. The fraction of sp³-hybridized carbons (Fsp3) is 0.660. The molecule has 0 radical (unpaired) electrons. The highest BCUT2D eigenvalue weighted by Crippen LogP contribution is 2.40. The first-order valence-electron chi connectivity index (χ1n) is 24.3. The molecule has 1 saturated carbocycles. The molecule has 13 nitrogen and oxygen atoms in total. The minimum absolute atomic E-state index is 0.0600. The van der Waals surface area contributed by atoms with E-state index in [2.05, 4.69) is 42.3 Å². The molecule has 1 amide bonds. The van der Waals surface area contributed by atoms with Gasteiger partial charge in [-0.2, -0.15) is 0 Å². The van der Waals surface area contributed by atoms with Crippen LogP contribution >= 0.6 is 0 Å². The van der Waals surface area contributed by atoms with Crippen LogP contribution < -0.4 is 4.74 Å². The van der Waals surface area contributed by atoms with Gasteiger partial charge in [-0.05, 0) is 132 Å². The van der Waals surface area contributed by atoms with Crippen LogP contribution in [0.2, 0.25) is 0 Å². The van der Waals surface area contributed by atoms with E-state index in [1.165, 1.54) is 4.90 Å². The third kappa shape index (κ3) is 11.7. The van der Waals surface area contributed by atoms with Crippen molar-refractivity contribution >= 4 is 34.3 Å². The highest BCUT2D eigenvalue weighted by atomic mass is 16.7. The third-order valence-electron chi connectivity index (χ3n) is 14.9. The third-order valence-corrected chi connectivity index (χ3v) is 14.9. The van der Waals surface area contributed by atoms with E-state index in [1.54, 1.807) is 34.3 Å². The normalized spacial score (nSPS) is 35.1. The van der Waals surface area contributed by atoms with Gasteiger partial charge in [-0.15, -0.1) is 6.58 Å². The summed E-state index contributed by atoms with van der Waals surface area (Å²) in [5, 5.41) is 13.3. The molecule has 6 rings (SSSR count). The Hall–Kier alpha value is -4.14. The number of Topliss-reactive ketones (excluding diaryl/α,β-unsaturated/α-hetero) is 2. The summed E-state index contributed by atoms with van der Waals surface area (Å²) in [6, 6.07) is 7.14.